The molecule has 1 heteroatoms. The largest absolute Gasteiger partial charge is 0.345 e. The molecule has 1 heterocycles. The lowest BCUT2D eigenvalue weighted by Gasteiger charge is -2.07. The van der Waals surface area contributed by atoms with Crippen molar-refractivity contribution in [2.75, 3.05) is 0 Å². The van der Waals surface area contributed by atoms with E-state index in [9.17, 15) is 0 Å². The van der Waals surface area contributed by atoms with Crippen LogP contribution in [0.25, 0.3) is 0 Å². The van der Waals surface area contributed by atoms with Gasteiger partial charge in [0.2, 0.25) is 0 Å². The van der Waals surface area contributed by atoms with E-state index in [2.05, 4.69) is 13.2 Å². The summed E-state index contributed by atoms with van der Waals surface area (Å²) in [5.74, 6) is 0. The summed E-state index contributed by atoms with van der Waals surface area (Å²) < 4.78 is 5.54. The highest BCUT2D eigenvalue weighted by Crippen LogP contribution is 2.53. The van der Waals surface area contributed by atoms with Crippen LogP contribution >= 0.6 is 0 Å². The van der Waals surface area contributed by atoms with Gasteiger partial charge < -0.3 is 4.74 Å². The summed E-state index contributed by atoms with van der Waals surface area (Å²) in [4.78, 5) is 0. The molecule has 2 rings (SSSR count). The van der Waals surface area contributed by atoms with Gasteiger partial charge in [0, 0.05) is 0 Å². The molecule has 0 spiro atoms. The van der Waals surface area contributed by atoms with Gasteiger partial charge in [-0.3, -0.25) is 0 Å². The Labute approximate surface area is 66.4 Å². The van der Waals surface area contributed by atoms with Gasteiger partial charge in [0.05, 0.1) is 0 Å². The van der Waals surface area contributed by atoms with Crippen LogP contribution in [-0.4, -0.2) is 11.2 Å². The SMILES string of the molecule is C=CC12C=CC=CC1(C=C)O2. The van der Waals surface area contributed by atoms with Gasteiger partial charge in [-0.25, -0.2) is 0 Å². The first-order valence-corrected chi connectivity index (χ1v) is 3.63. The van der Waals surface area contributed by atoms with Crippen molar-refractivity contribution in [1.29, 1.82) is 0 Å². The van der Waals surface area contributed by atoms with Crippen LogP contribution in [0.15, 0.2) is 49.6 Å². The van der Waals surface area contributed by atoms with Crippen molar-refractivity contribution in [2.45, 2.75) is 11.2 Å². The van der Waals surface area contributed by atoms with Crippen LogP contribution in [0, 0.1) is 0 Å². The molecule has 2 unspecified atom stereocenters. The Hall–Kier alpha value is -1.08. The minimum Gasteiger partial charge on any atom is -0.345 e. The molecule has 1 nitrogen and oxygen atoms in total. The second kappa shape index (κ2) is 1.74. The minimum absolute atomic E-state index is 0.288. The molecule has 0 aromatic rings. The van der Waals surface area contributed by atoms with Crippen molar-refractivity contribution in [2.24, 2.45) is 0 Å². The van der Waals surface area contributed by atoms with Crippen LogP contribution in [0.2, 0.25) is 0 Å². The lowest BCUT2D eigenvalue weighted by Crippen LogP contribution is -2.18. The van der Waals surface area contributed by atoms with E-state index in [1.165, 1.54) is 0 Å². The average Bonchev–Trinajstić information content (AvgIpc) is 2.75. The van der Waals surface area contributed by atoms with Crippen molar-refractivity contribution in [3.05, 3.63) is 49.6 Å². The fraction of sp³-hybridized carbons (Fsp3) is 0.200. The standard InChI is InChI=1S/C10H10O/c1-3-9-7-5-6-8-10(9,4-2)11-9/h3-8H,1-2H2. The van der Waals surface area contributed by atoms with Crippen molar-refractivity contribution in [3.8, 4) is 0 Å². The predicted octanol–water partition coefficient (Wildman–Crippen LogP) is 1.99. The first kappa shape index (κ1) is 6.62. The van der Waals surface area contributed by atoms with Gasteiger partial charge in [-0.05, 0) is 12.2 Å². The van der Waals surface area contributed by atoms with Crippen LogP contribution < -0.4 is 0 Å². The third-order valence-corrected chi connectivity index (χ3v) is 2.31. The Kier molecular flexibility index (Phi) is 1.05. The summed E-state index contributed by atoms with van der Waals surface area (Å²) in [5.41, 5.74) is -0.576. The summed E-state index contributed by atoms with van der Waals surface area (Å²) >= 11 is 0. The molecular weight excluding hydrogens is 136 g/mol. The molecule has 0 saturated carbocycles. The molecule has 1 aliphatic carbocycles. The Morgan fingerprint density at radius 3 is 1.82 bits per heavy atom. The van der Waals surface area contributed by atoms with Gasteiger partial charge in [-0.1, -0.05) is 37.5 Å². The fourth-order valence-corrected chi connectivity index (χ4v) is 1.52. The van der Waals surface area contributed by atoms with Crippen LogP contribution in [0.5, 0.6) is 0 Å². The van der Waals surface area contributed by atoms with Crippen molar-refractivity contribution < 1.29 is 4.74 Å². The number of epoxide rings is 1. The van der Waals surface area contributed by atoms with Crippen LogP contribution in [-0.2, 0) is 4.74 Å². The number of rotatable bonds is 2. The highest BCUT2D eigenvalue weighted by molar-refractivity contribution is 5.48. The summed E-state index contributed by atoms with van der Waals surface area (Å²) in [6, 6.07) is 0. The molecule has 0 radical (unpaired) electrons. The van der Waals surface area contributed by atoms with E-state index in [1.807, 2.05) is 36.5 Å². The third kappa shape index (κ3) is 0.589. The molecule has 2 aliphatic rings. The number of allylic oxidation sites excluding steroid dienone is 2. The van der Waals surface area contributed by atoms with E-state index in [1.54, 1.807) is 0 Å². The zero-order chi connectivity index (χ0) is 7.95. The smallest absolute Gasteiger partial charge is 0.142 e. The molecule has 1 fully saturated rings. The molecular formula is C10H10O. The lowest BCUT2D eigenvalue weighted by atomic mass is 9.89. The van der Waals surface area contributed by atoms with Crippen molar-refractivity contribution >= 4 is 0 Å². The highest BCUT2D eigenvalue weighted by atomic mass is 16.6. The monoisotopic (exact) mass is 146 g/mol. The van der Waals surface area contributed by atoms with E-state index in [0.717, 1.165) is 0 Å². The first-order valence-electron chi connectivity index (χ1n) is 3.63. The summed E-state index contributed by atoms with van der Waals surface area (Å²) in [5, 5.41) is 0. The zero-order valence-electron chi connectivity index (χ0n) is 6.29. The number of hydrogen-bond donors (Lipinski definition) is 0. The number of fused-ring (bicyclic) bond motifs is 1. The van der Waals surface area contributed by atoms with Crippen LogP contribution in [0.1, 0.15) is 0 Å². The minimum atomic E-state index is -0.288. The molecule has 2 atom stereocenters. The van der Waals surface area contributed by atoms with Crippen LogP contribution in [0.4, 0.5) is 0 Å². The van der Waals surface area contributed by atoms with Crippen LogP contribution in [0.3, 0.4) is 0 Å². The van der Waals surface area contributed by atoms with Gasteiger partial charge in [-0.15, -0.1) is 0 Å². The maximum Gasteiger partial charge on any atom is 0.142 e. The lowest BCUT2D eigenvalue weighted by molar-refractivity contribution is 0.350. The molecule has 1 aliphatic heterocycles. The van der Waals surface area contributed by atoms with Gasteiger partial charge >= 0.3 is 0 Å². The Morgan fingerprint density at radius 1 is 1.00 bits per heavy atom. The van der Waals surface area contributed by atoms with Gasteiger partial charge in [0.25, 0.3) is 0 Å². The Morgan fingerprint density at radius 2 is 1.45 bits per heavy atom. The summed E-state index contributed by atoms with van der Waals surface area (Å²) in [7, 11) is 0. The molecule has 11 heavy (non-hydrogen) atoms. The second-order valence-electron chi connectivity index (χ2n) is 2.81. The van der Waals surface area contributed by atoms with E-state index in [4.69, 9.17) is 4.74 Å². The highest BCUT2D eigenvalue weighted by Gasteiger charge is 2.64. The second-order valence-corrected chi connectivity index (χ2v) is 2.81. The maximum atomic E-state index is 5.54. The third-order valence-electron chi connectivity index (χ3n) is 2.31. The summed E-state index contributed by atoms with van der Waals surface area (Å²) in [6.07, 6.45) is 11.6. The zero-order valence-corrected chi connectivity index (χ0v) is 6.29. The molecule has 0 aromatic heterocycles. The molecule has 0 amide bonds. The molecule has 56 valence electrons. The van der Waals surface area contributed by atoms with E-state index in [0.29, 0.717) is 0 Å². The molecule has 0 bridgehead atoms. The van der Waals surface area contributed by atoms with E-state index >= 15 is 0 Å². The predicted molar refractivity (Wildman–Crippen MR) is 45.2 cm³/mol. The first-order chi connectivity index (χ1) is 5.29. The number of ether oxygens (including phenoxy) is 1. The topological polar surface area (TPSA) is 12.5 Å². The summed E-state index contributed by atoms with van der Waals surface area (Å²) in [6.45, 7) is 7.47. The molecule has 1 saturated heterocycles. The van der Waals surface area contributed by atoms with E-state index < -0.39 is 0 Å². The molecule has 0 N–H and O–H groups in total. The van der Waals surface area contributed by atoms with Crippen molar-refractivity contribution in [1.82, 2.24) is 0 Å². The van der Waals surface area contributed by atoms with Gasteiger partial charge in [0.1, 0.15) is 11.2 Å². The average molecular weight is 146 g/mol. The molecule has 0 aromatic carbocycles. The number of hydrogen-bond acceptors (Lipinski definition) is 1. The Bertz CT molecular complexity index is 247. The Balaban J connectivity index is 2.43. The van der Waals surface area contributed by atoms with Gasteiger partial charge in [-0.2, -0.15) is 0 Å². The fourth-order valence-electron chi connectivity index (χ4n) is 1.52. The maximum absolute atomic E-state index is 5.54. The normalized spacial score (nSPS) is 44.7. The van der Waals surface area contributed by atoms with Crippen molar-refractivity contribution in [3.63, 3.8) is 0 Å². The quantitative estimate of drug-likeness (QED) is 0.428. The van der Waals surface area contributed by atoms with E-state index in [-0.39, 0.29) is 11.2 Å². The van der Waals surface area contributed by atoms with Gasteiger partial charge in [0.15, 0.2) is 0 Å².